The van der Waals surface area contributed by atoms with E-state index in [0.717, 1.165) is 12.8 Å². The minimum Gasteiger partial charge on any atom is -0.354 e. The lowest BCUT2D eigenvalue weighted by atomic mass is 9.77. The van der Waals surface area contributed by atoms with Crippen LogP contribution in [0.4, 0.5) is 26.3 Å². The topological polar surface area (TPSA) is 21.3 Å². The van der Waals surface area contributed by atoms with Crippen molar-refractivity contribution in [1.82, 2.24) is 5.32 Å². The van der Waals surface area contributed by atoms with Crippen LogP contribution in [0.15, 0.2) is 0 Å². The summed E-state index contributed by atoms with van der Waals surface area (Å²) >= 11 is 0. The molecule has 8 heteroatoms. The Hall–Kier alpha value is -0.500. The molecule has 2 fully saturated rings. The van der Waals surface area contributed by atoms with Gasteiger partial charge in [0.05, 0.1) is 5.60 Å². The maximum Gasteiger partial charge on any atom is 0.423 e. The molecule has 20 heavy (non-hydrogen) atoms. The molecule has 2 aliphatic rings. The van der Waals surface area contributed by atoms with Crippen LogP contribution in [0.1, 0.15) is 38.5 Å². The van der Waals surface area contributed by atoms with Gasteiger partial charge in [-0.2, -0.15) is 26.3 Å². The summed E-state index contributed by atoms with van der Waals surface area (Å²) in [5, 5.41) is 3.09. The van der Waals surface area contributed by atoms with Gasteiger partial charge in [-0.25, -0.2) is 0 Å². The highest BCUT2D eigenvalue weighted by Gasteiger charge is 2.61. The predicted molar refractivity (Wildman–Crippen MR) is 59.2 cm³/mol. The molecule has 2 nitrogen and oxygen atoms in total. The minimum absolute atomic E-state index is 0.187. The number of halogens is 6. The highest BCUT2D eigenvalue weighted by Crippen LogP contribution is 2.45. The number of nitrogens with one attached hydrogen (secondary N) is 1. The fraction of sp³-hybridized carbons (Fsp3) is 1.00. The highest BCUT2D eigenvalue weighted by molar-refractivity contribution is 4.94. The Balaban J connectivity index is 1.94. The molecule has 0 radical (unpaired) electrons. The largest absolute Gasteiger partial charge is 0.423 e. The van der Waals surface area contributed by atoms with Gasteiger partial charge in [0.2, 0.25) is 6.10 Å². The Morgan fingerprint density at radius 3 is 1.95 bits per heavy atom. The van der Waals surface area contributed by atoms with Crippen LogP contribution in [-0.2, 0) is 4.74 Å². The van der Waals surface area contributed by atoms with Crippen molar-refractivity contribution >= 4 is 0 Å². The first-order chi connectivity index (χ1) is 9.12. The van der Waals surface area contributed by atoms with Crippen molar-refractivity contribution in [2.45, 2.75) is 68.6 Å². The van der Waals surface area contributed by atoms with Gasteiger partial charge in [0, 0.05) is 6.04 Å². The Morgan fingerprint density at radius 2 is 1.60 bits per heavy atom. The summed E-state index contributed by atoms with van der Waals surface area (Å²) in [5.74, 6) is 0. The van der Waals surface area contributed by atoms with Gasteiger partial charge in [0.25, 0.3) is 0 Å². The van der Waals surface area contributed by atoms with Gasteiger partial charge in [-0.1, -0.05) is 0 Å². The van der Waals surface area contributed by atoms with E-state index >= 15 is 0 Å². The lowest BCUT2D eigenvalue weighted by Gasteiger charge is -2.44. The summed E-state index contributed by atoms with van der Waals surface area (Å²) in [7, 11) is 0. The van der Waals surface area contributed by atoms with Gasteiger partial charge in [-0.15, -0.1) is 0 Å². The predicted octanol–water partition coefficient (Wildman–Crippen LogP) is 3.56. The van der Waals surface area contributed by atoms with Gasteiger partial charge < -0.3 is 10.1 Å². The first-order valence-corrected chi connectivity index (χ1v) is 6.67. The monoisotopic (exact) mass is 305 g/mol. The normalized spacial score (nSPS) is 22.9. The molecule has 0 unspecified atom stereocenters. The molecule has 0 atom stereocenters. The van der Waals surface area contributed by atoms with Crippen LogP contribution in [0.5, 0.6) is 0 Å². The van der Waals surface area contributed by atoms with E-state index in [1.54, 1.807) is 0 Å². The molecule has 2 rings (SSSR count). The van der Waals surface area contributed by atoms with E-state index < -0.39 is 24.1 Å². The van der Waals surface area contributed by atoms with Crippen LogP contribution < -0.4 is 5.32 Å². The summed E-state index contributed by atoms with van der Waals surface area (Å²) in [6, 6.07) is 0.369. The molecule has 0 bridgehead atoms. The number of hydrogen-bond donors (Lipinski definition) is 1. The zero-order valence-corrected chi connectivity index (χ0v) is 10.8. The number of rotatable bonds is 6. The van der Waals surface area contributed by atoms with E-state index in [2.05, 4.69) is 10.1 Å². The van der Waals surface area contributed by atoms with Crippen molar-refractivity contribution in [2.75, 3.05) is 6.54 Å². The van der Waals surface area contributed by atoms with Crippen LogP contribution >= 0.6 is 0 Å². The summed E-state index contributed by atoms with van der Waals surface area (Å²) < 4.78 is 79.6. The molecule has 0 aromatic rings. The first kappa shape index (κ1) is 15.9. The van der Waals surface area contributed by atoms with Crippen molar-refractivity contribution in [3.8, 4) is 0 Å². The average Bonchev–Trinajstić information content (AvgIpc) is 3.00. The van der Waals surface area contributed by atoms with Crippen LogP contribution in [0.25, 0.3) is 0 Å². The third-order valence-electron chi connectivity index (χ3n) is 3.82. The van der Waals surface area contributed by atoms with Crippen molar-refractivity contribution in [3.05, 3.63) is 0 Å². The summed E-state index contributed by atoms with van der Waals surface area (Å²) in [6.45, 7) is 0.396. The second-order valence-electron chi connectivity index (χ2n) is 5.60. The molecule has 0 aromatic carbocycles. The molecule has 0 heterocycles. The zero-order valence-electron chi connectivity index (χ0n) is 10.8. The summed E-state index contributed by atoms with van der Waals surface area (Å²) in [4.78, 5) is 0. The van der Waals surface area contributed by atoms with Crippen molar-refractivity contribution in [3.63, 3.8) is 0 Å². The quantitative estimate of drug-likeness (QED) is 0.758. The Morgan fingerprint density at radius 1 is 1.05 bits per heavy atom. The van der Waals surface area contributed by atoms with E-state index in [0.29, 0.717) is 19.0 Å². The van der Waals surface area contributed by atoms with E-state index in [9.17, 15) is 26.3 Å². The molecular formula is C12H17F6NO. The lowest BCUT2D eigenvalue weighted by molar-refractivity contribution is -0.353. The molecular weight excluding hydrogens is 288 g/mol. The third-order valence-corrected chi connectivity index (χ3v) is 3.82. The second-order valence-corrected chi connectivity index (χ2v) is 5.60. The number of hydrogen-bond acceptors (Lipinski definition) is 2. The third kappa shape index (κ3) is 4.00. The zero-order chi connectivity index (χ0) is 15.0. The van der Waals surface area contributed by atoms with Gasteiger partial charge in [-0.05, 0) is 45.1 Å². The Kier molecular flexibility index (Phi) is 4.26. The highest BCUT2D eigenvalue weighted by atomic mass is 19.4. The van der Waals surface area contributed by atoms with Gasteiger partial charge in [0.1, 0.15) is 0 Å². The van der Waals surface area contributed by atoms with Crippen LogP contribution in [0, 0.1) is 0 Å². The molecule has 1 N–H and O–H groups in total. The van der Waals surface area contributed by atoms with E-state index in [1.165, 1.54) is 0 Å². The Labute approximate surface area is 112 Å². The molecule has 0 saturated heterocycles. The fourth-order valence-corrected chi connectivity index (χ4v) is 2.36. The second kappa shape index (κ2) is 5.36. The number of ether oxygens (including phenoxy) is 1. The standard InChI is InChI=1S/C12H17F6NO/c13-11(14,15)9(12(16,17)18)20-10(4-1-5-10)6-7-19-8-2-3-8/h8-9,19H,1-7H2. The van der Waals surface area contributed by atoms with Crippen molar-refractivity contribution < 1.29 is 31.1 Å². The SMILES string of the molecule is FC(F)(F)C(OC1(CCNC2CC2)CCC1)C(F)(F)F. The van der Waals surface area contributed by atoms with Crippen molar-refractivity contribution in [2.24, 2.45) is 0 Å². The molecule has 0 aliphatic heterocycles. The summed E-state index contributed by atoms with van der Waals surface area (Å²) in [5.41, 5.74) is -1.28. The van der Waals surface area contributed by atoms with E-state index in [1.807, 2.05) is 0 Å². The van der Waals surface area contributed by atoms with Crippen molar-refractivity contribution in [1.29, 1.82) is 0 Å². The smallest absolute Gasteiger partial charge is 0.354 e. The lowest BCUT2D eigenvalue weighted by Crippen LogP contribution is -2.54. The van der Waals surface area contributed by atoms with Gasteiger partial charge in [-0.3, -0.25) is 0 Å². The molecule has 0 spiro atoms. The van der Waals surface area contributed by atoms with E-state index in [4.69, 9.17) is 0 Å². The van der Waals surface area contributed by atoms with Crippen LogP contribution in [-0.4, -0.2) is 36.6 Å². The van der Waals surface area contributed by atoms with Crippen LogP contribution in [0.3, 0.4) is 0 Å². The molecule has 2 saturated carbocycles. The number of alkyl halides is 6. The summed E-state index contributed by atoms with van der Waals surface area (Å²) in [6.07, 6.45) is -11.2. The van der Waals surface area contributed by atoms with Gasteiger partial charge in [0.15, 0.2) is 0 Å². The molecule has 2 aliphatic carbocycles. The molecule has 118 valence electrons. The maximum atomic E-state index is 12.5. The Bertz CT molecular complexity index is 318. The fourth-order valence-electron chi connectivity index (χ4n) is 2.36. The van der Waals surface area contributed by atoms with Crippen LogP contribution in [0.2, 0.25) is 0 Å². The van der Waals surface area contributed by atoms with Gasteiger partial charge >= 0.3 is 12.4 Å². The minimum atomic E-state index is -5.43. The first-order valence-electron chi connectivity index (χ1n) is 6.67. The maximum absolute atomic E-state index is 12.5. The average molecular weight is 305 g/mol. The van der Waals surface area contributed by atoms with E-state index in [-0.39, 0.29) is 19.3 Å². The molecule has 0 aromatic heterocycles. The molecule has 0 amide bonds.